The van der Waals surface area contributed by atoms with Gasteiger partial charge in [0.05, 0.1) is 23.9 Å². The summed E-state index contributed by atoms with van der Waals surface area (Å²) in [6.45, 7) is 4.38. The van der Waals surface area contributed by atoms with Crippen molar-refractivity contribution < 1.29 is 9.53 Å². The predicted molar refractivity (Wildman–Crippen MR) is 115 cm³/mol. The molecule has 1 heterocycles. The Morgan fingerprint density at radius 1 is 1.13 bits per heavy atom. The molecule has 1 saturated carbocycles. The van der Waals surface area contributed by atoms with Gasteiger partial charge in [-0.15, -0.1) is 5.10 Å². The number of para-hydroxylation sites is 2. The minimum Gasteiger partial charge on any atom is -0.465 e. The van der Waals surface area contributed by atoms with Gasteiger partial charge in [0.15, 0.2) is 5.82 Å². The minimum absolute atomic E-state index is 0.412. The summed E-state index contributed by atoms with van der Waals surface area (Å²) in [6, 6.07) is 15.5. The first-order chi connectivity index (χ1) is 14.5. The predicted octanol–water partition coefficient (Wildman–Crippen LogP) is 4.27. The standard InChI is InChI=1S/C23H27N5O2/c1-16-12-14-23(15-13-16,24-19-10-6-4-8-17(19)2)22-25-26-27-28(22)20-11-7-5-9-18(20)21(29)30-3/h4-11,16,24H,12-15H2,1-3H3. The van der Waals surface area contributed by atoms with Crippen LogP contribution in [0, 0.1) is 12.8 Å². The summed E-state index contributed by atoms with van der Waals surface area (Å²) < 4.78 is 6.66. The van der Waals surface area contributed by atoms with E-state index in [-0.39, 0.29) is 0 Å². The number of ether oxygens (including phenoxy) is 1. The second-order valence-corrected chi connectivity index (χ2v) is 8.13. The Morgan fingerprint density at radius 3 is 2.57 bits per heavy atom. The lowest BCUT2D eigenvalue weighted by atomic mass is 9.76. The number of nitrogens with zero attached hydrogens (tertiary/aromatic N) is 4. The molecule has 1 aliphatic carbocycles. The van der Waals surface area contributed by atoms with Gasteiger partial charge in [0.1, 0.15) is 0 Å². The molecule has 0 saturated heterocycles. The normalized spacial score (nSPS) is 21.2. The van der Waals surface area contributed by atoms with Crippen LogP contribution in [-0.2, 0) is 10.3 Å². The molecule has 0 radical (unpaired) electrons. The van der Waals surface area contributed by atoms with Crippen LogP contribution in [0.1, 0.15) is 54.4 Å². The number of hydrogen-bond acceptors (Lipinski definition) is 6. The molecular formula is C23H27N5O2. The van der Waals surface area contributed by atoms with Crippen molar-refractivity contribution in [2.75, 3.05) is 12.4 Å². The monoisotopic (exact) mass is 405 g/mol. The summed E-state index contributed by atoms with van der Waals surface area (Å²) in [6.07, 6.45) is 3.96. The van der Waals surface area contributed by atoms with E-state index in [2.05, 4.69) is 46.8 Å². The van der Waals surface area contributed by atoms with E-state index in [1.807, 2.05) is 30.3 Å². The Hall–Kier alpha value is -3.22. The van der Waals surface area contributed by atoms with Gasteiger partial charge in [-0.2, -0.15) is 4.68 Å². The van der Waals surface area contributed by atoms with E-state index >= 15 is 0 Å². The molecule has 0 spiro atoms. The van der Waals surface area contributed by atoms with Gasteiger partial charge in [0.25, 0.3) is 0 Å². The van der Waals surface area contributed by atoms with Gasteiger partial charge in [-0.3, -0.25) is 0 Å². The summed E-state index contributed by atoms with van der Waals surface area (Å²) in [5, 5.41) is 16.5. The van der Waals surface area contributed by atoms with Gasteiger partial charge in [-0.25, -0.2) is 4.79 Å². The van der Waals surface area contributed by atoms with Crippen LogP contribution in [0.5, 0.6) is 0 Å². The van der Waals surface area contributed by atoms with E-state index in [4.69, 9.17) is 4.74 Å². The number of aryl methyl sites for hydroxylation is 1. The van der Waals surface area contributed by atoms with Crippen LogP contribution < -0.4 is 5.32 Å². The van der Waals surface area contributed by atoms with E-state index in [1.165, 1.54) is 12.7 Å². The van der Waals surface area contributed by atoms with E-state index in [0.717, 1.165) is 31.4 Å². The molecule has 1 N–H and O–H groups in total. The van der Waals surface area contributed by atoms with Crippen LogP contribution in [0.15, 0.2) is 48.5 Å². The quantitative estimate of drug-likeness (QED) is 0.638. The zero-order valence-corrected chi connectivity index (χ0v) is 17.6. The zero-order valence-electron chi connectivity index (χ0n) is 17.6. The lowest BCUT2D eigenvalue weighted by Crippen LogP contribution is -2.41. The maximum atomic E-state index is 12.4. The van der Waals surface area contributed by atoms with Crippen molar-refractivity contribution >= 4 is 11.7 Å². The molecule has 30 heavy (non-hydrogen) atoms. The third-order valence-electron chi connectivity index (χ3n) is 6.08. The lowest BCUT2D eigenvalue weighted by Gasteiger charge is -2.40. The lowest BCUT2D eigenvalue weighted by molar-refractivity contribution is 0.0600. The first-order valence-electron chi connectivity index (χ1n) is 10.3. The summed E-state index contributed by atoms with van der Waals surface area (Å²) in [4.78, 5) is 12.4. The van der Waals surface area contributed by atoms with Crippen LogP contribution in [0.2, 0.25) is 0 Å². The maximum absolute atomic E-state index is 12.4. The van der Waals surface area contributed by atoms with Crippen molar-refractivity contribution in [3.05, 3.63) is 65.5 Å². The number of nitrogens with one attached hydrogen (secondary N) is 1. The van der Waals surface area contributed by atoms with Crippen LogP contribution in [-0.4, -0.2) is 33.3 Å². The Bertz CT molecular complexity index is 1040. The molecular weight excluding hydrogens is 378 g/mol. The largest absolute Gasteiger partial charge is 0.465 e. The molecule has 4 rings (SSSR count). The third-order valence-corrected chi connectivity index (χ3v) is 6.08. The van der Waals surface area contributed by atoms with Gasteiger partial charge in [-0.1, -0.05) is 37.3 Å². The van der Waals surface area contributed by atoms with Crippen LogP contribution in [0.25, 0.3) is 5.69 Å². The van der Waals surface area contributed by atoms with Crippen LogP contribution in [0.3, 0.4) is 0 Å². The number of methoxy groups -OCH3 is 1. The molecule has 1 aromatic heterocycles. The number of carbonyl (C=O) groups is 1. The number of esters is 1. The zero-order chi connectivity index (χ0) is 21.1. The number of aromatic nitrogens is 4. The van der Waals surface area contributed by atoms with Gasteiger partial charge >= 0.3 is 5.97 Å². The second-order valence-electron chi connectivity index (χ2n) is 8.13. The fourth-order valence-electron chi connectivity index (χ4n) is 4.22. The van der Waals surface area contributed by atoms with Crippen LogP contribution >= 0.6 is 0 Å². The van der Waals surface area contributed by atoms with Crippen molar-refractivity contribution in [3.63, 3.8) is 0 Å². The Balaban J connectivity index is 1.82. The summed E-state index contributed by atoms with van der Waals surface area (Å²) in [7, 11) is 1.38. The van der Waals surface area contributed by atoms with Crippen molar-refractivity contribution in [1.82, 2.24) is 20.2 Å². The average Bonchev–Trinajstić information content (AvgIpc) is 3.27. The van der Waals surface area contributed by atoms with Crippen molar-refractivity contribution in [2.45, 2.75) is 45.1 Å². The molecule has 0 amide bonds. The molecule has 7 nitrogen and oxygen atoms in total. The molecule has 1 fully saturated rings. The van der Waals surface area contributed by atoms with E-state index < -0.39 is 11.5 Å². The van der Waals surface area contributed by atoms with Crippen molar-refractivity contribution in [2.24, 2.45) is 5.92 Å². The average molecular weight is 406 g/mol. The summed E-state index contributed by atoms with van der Waals surface area (Å²) in [5.41, 5.74) is 2.87. The third kappa shape index (κ3) is 3.67. The molecule has 0 aliphatic heterocycles. The van der Waals surface area contributed by atoms with Gasteiger partial charge < -0.3 is 10.1 Å². The highest BCUT2D eigenvalue weighted by Gasteiger charge is 2.41. The second kappa shape index (κ2) is 8.26. The van der Waals surface area contributed by atoms with E-state index in [0.29, 0.717) is 23.0 Å². The Labute approximate surface area is 176 Å². The molecule has 7 heteroatoms. The number of tetrazole rings is 1. The SMILES string of the molecule is COC(=O)c1ccccc1-n1nnnc1C1(Nc2ccccc2C)CCC(C)CC1. The number of hydrogen-bond donors (Lipinski definition) is 1. The first kappa shape index (κ1) is 20.1. The molecule has 2 aromatic carbocycles. The molecule has 156 valence electrons. The van der Waals surface area contributed by atoms with Gasteiger partial charge in [0.2, 0.25) is 0 Å². The Kier molecular flexibility index (Phi) is 5.53. The van der Waals surface area contributed by atoms with E-state index in [9.17, 15) is 4.79 Å². The minimum atomic E-state index is -0.425. The molecule has 1 aliphatic rings. The van der Waals surface area contributed by atoms with Crippen LogP contribution in [0.4, 0.5) is 5.69 Å². The number of benzene rings is 2. The number of carbonyl (C=O) groups excluding carboxylic acids is 1. The highest BCUT2D eigenvalue weighted by atomic mass is 16.5. The highest BCUT2D eigenvalue weighted by Crippen LogP contribution is 2.42. The Morgan fingerprint density at radius 2 is 1.83 bits per heavy atom. The maximum Gasteiger partial charge on any atom is 0.340 e. The number of anilines is 1. The first-order valence-corrected chi connectivity index (χ1v) is 10.3. The summed E-state index contributed by atoms with van der Waals surface area (Å²) in [5.74, 6) is 0.961. The smallest absolute Gasteiger partial charge is 0.340 e. The number of rotatable bonds is 5. The highest BCUT2D eigenvalue weighted by molar-refractivity contribution is 5.93. The van der Waals surface area contributed by atoms with Crippen molar-refractivity contribution in [3.8, 4) is 5.69 Å². The van der Waals surface area contributed by atoms with E-state index in [1.54, 1.807) is 10.7 Å². The fourth-order valence-corrected chi connectivity index (χ4v) is 4.22. The fraction of sp³-hybridized carbons (Fsp3) is 0.391. The molecule has 0 atom stereocenters. The molecule has 3 aromatic rings. The van der Waals surface area contributed by atoms with Gasteiger partial charge in [0, 0.05) is 5.69 Å². The van der Waals surface area contributed by atoms with Gasteiger partial charge in [-0.05, 0) is 72.7 Å². The topological polar surface area (TPSA) is 81.9 Å². The van der Waals surface area contributed by atoms with Crippen molar-refractivity contribution in [1.29, 1.82) is 0 Å². The summed E-state index contributed by atoms with van der Waals surface area (Å²) >= 11 is 0. The molecule has 0 bridgehead atoms. The molecule has 0 unspecified atom stereocenters.